The molecule has 0 bridgehead atoms. The zero-order chi connectivity index (χ0) is 33.8. The van der Waals surface area contributed by atoms with Crippen molar-refractivity contribution in [2.45, 2.75) is 39.2 Å². The minimum absolute atomic E-state index is 0.0540. The summed E-state index contributed by atoms with van der Waals surface area (Å²) in [6, 6.07) is 11.8. The van der Waals surface area contributed by atoms with E-state index in [4.69, 9.17) is 9.29 Å². The number of ether oxygens (including phenoxy) is 1. The van der Waals surface area contributed by atoms with Gasteiger partial charge in [0, 0.05) is 20.0 Å². The first kappa shape index (κ1) is 34.5. The summed E-state index contributed by atoms with van der Waals surface area (Å²) >= 11 is 0. The molecule has 1 fully saturated rings. The summed E-state index contributed by atoms with van der Waals surface area (Å²) in [4.78, 5) is 67.5. The first-order chi connectivity index (χ1) is 21.7. The Morgan fingerprint density at radius 2 is 1.63 bits per heavy atom. The first-order valence-electron chi connectivity index (χ1n) is 14.8. The second kappa shape index (κ2) is 14.0. The smallest absolute Gasteiger partial charge is 0.264 e. The van der Waals surface area contributed by atoms with Gasteiger partial charge in [-0.15, -0.1) is 0 Å². The van der Waals surface area contributed by atoms with Crippen molar-refractivity contribution in [1.29, 1.82) is 0 Å². The van der Waals surface area contributed by atoms with Gasteiger partial charge in [-0.3, -0.25) is 38.6 Å². The lowest BCUT2D eigenvalue weighted by Crippen LogP contribution is -2.54. The van der Waals surface area contributed by atoms with Gasteiger partial charge in [-0.2, -0.15) is 8.42 Å². The van der Waals surface area contributed by atoms with E-state index < -0.39 is 69.3 Å². The Morgan fingerprint density at radius 3 is 2.13 bits per heavy atom. The number of amides is 5. The summed E-state index contributed by atoms with van der Waals surface area (Å²) in [6.07, 6.45) is 0.376. The van der Waals surface area contributed by atoms with Gasteiger partial charge in [-0.1, -0.05) is 38.1 Å². The van der Waals surface area contributed by atoms with Gasteiger partial charge in [-0.25, -0.2) is 5.48 Å². The molecule has 0 spiro atoms. The third-order valence-corrected chi connectivity index (χ3v) is 9.43. The molecule has 1 saturated carbocycles. The van der Waals surface area contributed by atoms with E-state index in [-0.39, 0.29) is 48.8 Å². The Balaban J connectivity index is 1.53. The molecule has 5 N–H and O–H groups in total. The van der Waals surface area contributed by atoms with Crippen LogP contribution in [0, 0.1) is 23.2 Å². The number of nitrogens with one attached hydrogen (secondary N) is 3. The van der Waals surface area contributed by atoms with E-state index in [1.165, 1.54) is 19.2 Å². The maximum Gasteiger partial charge on any atom is 0.264 e. The average Bonchev–Trinajstić information content (AvgIpc) is 3.74. The van der Waals surface area contributed by atoms with Crippen LogP contribution in [0.3, 0.4) is 0 Å². The zero-order valence-corrected chi connectivity index (χ0v) is 26.5. The molecule has 0 radical (unpaired) electrons. The number of benzene rings is 2. The lowest BCUT2D eigenvalue weighted by molar-refractivity contribution is -0.143. The molecule has 4 rings (SSSR count). The van der Waals surface area contributed by atoms with Gasteiger partial charge in [0.2, 0.25) is 17.7 Å². The summed E-state index contributed by atoms with van der Waals surface area (Å²) in [5, 5.41) is 15.0. The van der Waals surface area contributed by atoms with E-state index in [0.29, 0.717) is 11.3 Å². The fraction of sp³-hybridized carbons (Fsp3) is 0.452. The fourth-order valence-electron chi connectivity index (χ4n) is 6.17. The zero-order valence-electron chi connectivity index (χ0n) is 25.7. The number of carbonyl (C=O) groups is 5. The third-order valence-electron chi connectivity index (χ3n) is 8.63. The van der Waals surface area contributed by atoms with Gasteiger partial charge in [-0.05, 0) is 54.5 Å². The summed E-state index contributed by atoms with van der Waals surface area (Å²) in [5.41, 5.74) is 1.19. The Bertz CT molecular complexity index is 1580. The minimum atomic E-state index is -4.09. The van der Waals surface area contributed by atoms with Crippen molar-refractivity contribution in [2.24, 2.45) is 23.2 Å². The molecule has 2 aliphatic rings. The van der Waals surface area contributed by atoms with Gasteiger partial charge in [0.15, 0.2) is 0 Å². The summed E-state index contributed by atoms with van der Waals surface area (Å²) < 4.78 is 36.1. The molecule has 1 heterocycles. The number of hydrogen-bond donors (Lipinski definition) is 5. The van der Waals surface area contributed by atoms with Crippen LogP contribution in [-0.2, 0) is 30.9 Å². The van der Waals surface area contributed by atoms with Crippen LogP contribution in [0.25, 0.3) is 0 Å². The number of nitrogens with zero attached hydrogens (tertiary/aromatic N) is 1. The molecule has 1 aliphatic carbocycles. The van der Waals surface area contributed by atoms with E-state index in [9.17, 15) is 37.6 Å². The molecule has 248 valence electrons. The summed E-state index contributed by atoms with van der Waals surface area (Å²) in [5.74, 6) is -5.03. The Kier molecular flexibility index (Phi) is 10.5. The van der Waals surface area contributed by atoms with Crippen LogP contribution in [0.2, 0.25) is 0 Å². The van der Waals surface area contributed by atoms with Gasteiger partial charge < -0.3 is 15.4 Å². The molecule has 5 amide bonds. The molecule has 0 aromatic heterocycles. The second-order valence-corrected chi connectivity index (χ2v) is 13.4. The van der Waals surface area contributed by atoms with Crippen LogP contribution in [0.4, 0.5) is 0 Å². The minimum Gasteiger partial charge on any atom is -0.494 e. The van der Waals surface area contributed by atoms with Crippen molar-refractivity contribution in [3.8, 4) is 5.75 Å². The lowest BCUT2D eigenvalue weighted by atomic mass is 9.81. The SMILES string of the molecule is CNC(=O)[C@H](Cc1ccc(OCCCS(=O)(=O)O)cc1)NC(=O)C1(C(CN2C(=O)c3ccccc3C2=O)C(=O)NO)CC1C(C)C. The maximum atomic E-state index is 14.1. The van der Waals surface area contributed by atoms with Crippen LogP contribution < -0.4 is 20.9 Å². The number of hydrogen-bond acceptors (Lipinski definition) is 9. The Hall–Kier alpha value is -4.34. The average molecular weight is 659 g/mol. The highest BCUT2D eigenvalue weighted by atomic mass is 32.2. The molecule has 0 saturated heterocycles. The Labute approximate surface area is 266 Å². The summed E-state index contributed by atoms with van der Waals surface area (Å²) in [7, 11) is -2.67. The third kappa shape index (κ3) is 7.37. The van der Waals surface area contributed by atoms with E-state index in [2.05, 4.69) is 10.6 Å². The van der Waals surface area contributed by atoms with Crippen LogP contribution >= 0.6 is 0 Å². The van der Waals surface area contributed by atoms with Gasteiger partial charge in [0.1, 0.15) is 11.8 Å². The highest BCUT2D eigenvalue weighted by Gasteiger charge is 2.67. The highest BCUT2D eigenvalue weighted by Crippen LogP contribution is 2.62. The van der Waals surface area contributed by atoms with Crippen LogP contribution in [0.1, 0.15) is 53.0 Å². The van der Waals surface area contributed by atoms with Crippen molar-refractivity contribution >= 4 is 39.7 Å². The van der Waals surface area contributed by atoms with Crippen molar-refractivity contribution in [2.75, 3.05) is 26.0 Å². The number of rotatable bonds is 15. The monoisotopic (exact) mass is 658 g/mol. The van der Waals surface area contributed by atoms with Crippen molar-refractivity contribution in [3.05, 3.63) is 65.2 Å². The first-order valence-corrected chi connectivity index (χ1v) is 16.4. The van der Waals surface area contributed by atoms with Gasteiger partial charge in [0.05, 0.1) is 34.8 Å². The lowest BCUT2D eigenvalue weighted by Gasteiger charge is -2.31. The molecule has 15 heteroatoms. The predicted molar refractivity (Wildman–Crippen MR) is 163 cm³/mol. The van der Waals surface area contributed by atoms with Crippen molar-refractivity contribution < 1.29 is 46.9 Å². The number of likely N-dealkylation sites (N-methyl/N-ethyl adjacent to an activating group) is 1. The predicted octanol–water partition coefficient (Wildman–Crippen LogP) is 1.20. The van der Waals surface area contributed by atoms with Crippen molar-refractivity contribution in [3.63, 3.8) is 0 Å². The fourth-order valence-corrected chi connectivity index (χ4v) is 6.65. The molecule has 1 aliphatic heterocycles. The van der Waals surface area contributed by atoms with Gasteiger partial charge >= 0.3 is 0 Å². The largest absolute Gasteiger partial charge is 0.494 e. The van der Waals surface area contributed by atoms with E-state index >= 15 is 0 Å². The van der Waals surface area contributed by atoms with Crippen LogP contribution in [-0.4, -0.2) is 84.6 Å². The molecule has 3 unspecified atom stereocenters. The molecule has 46 heavy (non-hydrogen) atoms. The highest BCUT2D eigenvalue weighted by molar-refractivity contribution is 7.85. The normalized spacial score (nSPS) is 20.1. The number of fused-ring (bicyclic) bond motifs is 1. The van der Waals surface area contributed by atoms with E-state index in [0.717, 1.165) is 4.90 Å². The quantitative estimate of drug-likeness (QED) is 0.0607. The summed E-state index contributed by atoms with van der Waals surface area (Å²) in [6.45, 7) is 3.35. The second-order valence-electron chi connectivity index (χ2n) is 11.9. The molecule has 2 aromatic rings. The molecular formula is C31H38N4O10S. The van der Waals surface area contributed by atoms with Gasteiger partial charge in [0.25, 0.3) is 21.9 Å². The number of hydroxylamine groups is 1. The van der Waals surface area contributed by atoms with Crippen molar-refractivity contribution in [1.82, 2.24) is 21.0 Å². The number of carbonyl (C=O) groups excluding carboxylic acids is 5. The molecule has 4 atom stereocenters. The molecule has 2 aromatic carbocycles. The van der Waals surface area contributed by atoms with Crippen LogP contribution in [0.15, 0.2) is 48.5 Å². The number of imide groups is 1. The molecule has 14 nitrogen and oxygen atoms in total. The topological polar surface area (TPSA) is 209 Å². The molecular weight excluding hydrogens is 620 g/mol. The van der Waals surface area contributed by atoms with Crippen LogP contribution in [0.5, 0.6) is 5.75 Å². The maximum absolute atomic E-state index is 14.1. The Morgan fingerprint density at radius 1 is 1.02 bits per heavy atom. The standard InChI is InChI=1S/C31H38N4O10S/c1-18(2)23-16-31(23,24(26(36)34-41)17-35-28(38)21-7-4-5-8-22(21)29(35)39)30(40)33-25(27(37)32-3)15-19-9-11-20(12-10-19)45-13-6-14-46(42,43)44/h4-5,7-12,18,23-25,41H,6,13-17H2,1-3H3,(H,32,37)(H,33,40)(H,34,36)(H,42,43,44)/t23?,24?,25-,31?/m0/s1. The van der Waals surface area contributed by atoms with E-state index in [1.807, 2.05) is 13.8 Å². The van der Waals surface area contributed by atoms with E-state index in [1.54, 1.807) is 41.9 Å².